The van der Waals surface area contributed by atoms with Crippen LogP contribution < -0.4 is 10.1 Å². The van der Waals surface area contributed by atoms with Crippen LogP contribution in [0.1, 0.15) is 38.2 Å². The van der Waals surface area contributed by atoms with Gasteiger partial charge in [0, 0.05) is 13.1 Å². The molecule has 2 unspecified atom stereocenters. The summed E-state index contributed by atoms with van der Waals surface area (Å²) in [5.41, 5.74) is 1.14. The van der Waals surface area contributed by atoms with E-state index in [-0.39, 0.29) is 6.10 Å². The van der Waals surface area contributed by atoms with Crippen LogP contribution in [0.25, 0.3) is 0 Å². The van der Waals surface area contributed by atoms with Gasteiger partial charge >= 0.3 is 0 Å². The van der Waals surface area contributed by atoms with E-state index in [1.807, 2.05) is 30.3 Å². The van der Waals surface area contributed by atoms with Crippen LogP contribution in [0.4, 0.5) is 0 Å². The number of benzene rings is 1. The van der Waals surface area contributed by atoms with Crippen molar-refractivity contribution in [2.24, 2.45) is 5.92 Å². The molecule has 1 aromatic carbocycles. The summed E-state index contributed by atoms with van der Waals surface area (Å²) in [5.74, 6) is 1.18. The third-order valence-corrected chi connectivity index (χ3v) is 4.04. The predicted molar refractivity (Wildman–Crippen MR) is 81.8 cm³/mol. The Hall–Kier alpha value is -1.57. The standard InChI is InChI=1S/C17H24N2O2/c1-13(10-18)21-16-8-6-14(7-9-16)11-19-12-17(20)15-4-2-3-5-15/h6-9,13,15,17,19-20H,2-5,11-12H2,1H3. The number of nitriles is 1. The number of aliphatic hydroxyl groups is 1. The second-order valence-corrected chi connectivity index (χ2v) is 5.78. The Morgan fingerprint density at radius 1 is 1.33 bits per heavy atom. The fraction of sp³-hybridized carbons (Fsp3) is 0.588. The van der Waals surface area contributed by atoms with Gasteiger partial charge in [0.15, 0.2) is 6.10 Å². The van der Waals surface area contributed by atoms with E-state index < -0.39 is 6.10 Å². The molecule has 2 rings (SSSR count). The first-order valence-corrected chi connectivity index (χ1v) is 7.73. The summed E-state index contributed by atoms with van der Waals surface area (Å²) in [7, 11) is 0. The fourth-order valence-electron chi connectivity index (χ4n) is 2.79. The van der Waals surface area contributed by atoms with E-state index in [0.717, 1.165) is 24.9 Å². The second kappa shape index (κ2) is 8.02. The zero-order valence-electron chi connectivity index (χ0n) is 12.6. The minimum atomic E-state index is -0.435. The smallest absolute Gasteiger partial charge is 0.181 e. The Balaban J connectivity index is 1.72. The Morgan fingerprint density at radius 2 is 2.00 bits per heavy atom. The first-order chi connectivity index (χ1) is 10.2. The Bertz CT molecular complexity index is 461. The second-order valence-electron chi connectivity index (χ2n) is 5.78. The molecule has 0 aromatic heterocycles. The molecular formula is C17H24N2O2. The molecule has 0 radical (unpaired) electrons. The SMILES string of the molecule is CC(C#N)Oc1ccc(CNCC(O)C2CCCC2)cc1. The maximum absolute atomic E-state index is 10.1. The van der Waals surface area contributed by atoms with Crippen molar-refractivity contribution in [3.05, 3.63) is 29.8 Å². The largest absolute Gasteiger partial charge is 0.476 e. The molecule has 0 aliphatic heterocycles. The monoisotopic (exact) mass is 288 g/mol. The van der Waals surface area contributed by atoms with Crippen molar-refractivity contribution in [1.82, 2.24) is 5.32 Å². The molecule has 114 valence electrons. The average molecular weight is 288 g/mol. The summed E-state index contributed by atoms with van der Waals surface area (Å²) in [5, 5.41) is 22.1. The van der Waals surface area contributed by atoms with Crippen molar-refractivity contribution >= 4 is 0 Å². The molecule has 1 aromatic rings. The van der Waals surface area contributed by atoms with Gasteiger partial charge in [0.2, 0.25) is 0 Å². The molecule has 0 amide bonds. The van der Waals surface area contributed by atoms with Gasteiger partial charge in [-0.25, -0.2) is 0 Å². The number of aliphatic hydroxyl groups excluding tert-OH is 1. The summed E-state index contributed by atoms with van der Waals surface area (Å²) in [6.45, 7) is 3.10. The van der Waals surface area contributed by atoms with E-state index in [1.165, 1.54) is 12.8 Å². The summed E-state index contributed by atoms with van der Waals surface area (Å²) in [6, 6.07) is 9.75. The molecule has 1 fully saturated rings. The van der Waals surface area contributed by atoms with E-state index in [2.05, 4.69) is 5.32 Å². The maximum atomic E-state index is 10.1. The quantitative estimate of drug-likeness (QED) is 0.809. The van der Waals surface area contributed by atoms with Gasteiger partial charge in [0.25, 0.3) is 0 Å². The normalized spacial score (nSPS) is 18.1. The molecule has 2 atom stereocenters. The molecule has 1 aliphatic rings. The van der Waals surface area contributed by atoms with Crippen LogP contribution in [0, 0.1) is 17.2 Å². The lowest BCUT2D eigenvalue weighted by molar-refractivity contribution is 0.109. The van der Waals surface area contributed by atoms with E-state index in [0.29, 0.717) is 18.2 Å². The van der Waals surface area contributed by atoms with Gasteiger partial charge in [-0.05, 0) is 43.4 Å². The molecule has 2 N–H and O–H groups in total. The maximum Gasteiger partial charge on any atom is 0.181 e. The summed E-state index contributed by atoms with van der Waals surface area (Å²) >= 11 is 0. The van der Waals surface area contributed by atoms with Crippen LogP contribution >= 0.6 is 0 Å². The highest BCUT2D eigenvalue weighted by atomic mass is 16.5. The van der Waals surface area contributed by atoms with Gasteiger partial charge in [-0.2, -0.15) is 5.26 Å². The molecule has 0 spiro atoms. The third kappa shape index (κ3) is 5.04. The molecule has 4 heteroatoms. The highest BCUT2D eigenvalue weighted by Crippen LogP contribution is 2.27. The number of rotatable bonds is 7. The van der Waals surface area contributed by atoms with Gasteiger partial charge in [-0.1, -0.05) is 25.0 Å². The Labute approximate surface area is 126 Å². The first-order valence-electron chi connectivity index (χ1n) is 7.73. The fourth-order valence-corrected chi connectivity index (χ4v) is 2.79. The summed E-state index contributed by atoms with van der Waals surface area (Å²) in [6.07, 6.45) is 4.16. The average Bonchev–Trinajstić information content (AvgIpc) is 3.03. The van der Waals surface area contributed by atoms with Crippen LogP contribution in [-0.4, -0.2) is 23.9 Å². The highest BCUT2D eigenvalue weighted by molar-refractivity contribution is 5.27. The van der Waals surface area contributed by atoms with Gasteiger partial charge in [-0.3, -0.25) is 0 Å². The predicted octanol–water partition coefficient (Wildman–Crippen LogP) is 2.62. The minimum absolute atomic E-state index is 0.230. The number of ether oxygens (including phenoxy) is 1. The molecule has 0 bridgehead atoms. The van der Waals surface area contributed by atoms with E-state index in [4.69, 9.17) is 10.00 Å². The van der Waals surface area contributed by atoms with Crippen molar-refractivity contribution in [3.63, 3.8) is 0 Å². The van der Waals surface area contributed by atoms with Crippen molar-refractivity contribution in [3.8, 4) is 11.8 Å². The van der Waals surface area contributed by atoms with Crippen LogP contribution in [0.5, 0.6) is 5.75 Å². The Morgan fingerprint density at radius 3 is 2.62 bits per heavy atom. The highest BCUT2D eigenvalue weighted by Gasteiger charge is 2.22. The van der Waals surface area contributed by atoms with Gasteiger partial charge in [0.1, 0.15) is 11.8 Å². The first kappa shape index (κ1) is 15.8. The summed E-state index contributed by atoms with van der Waals surface area (Å²) in [4.78, 5) is 0. The molecule has 0 saturated heterocycles. The van der Waals surface area contributed by atoms with E-state index in [9.17, 15) is 5.11 Å². The molecule has 4 nitrogen and oxygen atoms in total. The van der Waals surface area contributed by atoms with Crippen LogP contribution in [-0.2, 0) is 6.54 Å². The van der Waals surface area contributed by atoms with Crippen LogP contribution in [0.3, 0.4) is 0 Å². The molecule has 1 saturated carbocycles. The van der Waals surface area contributed by atoms with E-state index in [1.54, 1.807) is 6.92 Å². The van der Waals surface area contributed by atoms with Gasteiger partial charge in [0.05, 0.1) is 6.10 Å². The molecular weight excluding hydrogens is 264 g/mol. The van der Waals surface area contributed by atoms with Crippen LogP contribution in [0.2, 0.25) is 0 Å². The van der Waals surface area contributed by atoms with Crippen molar-refractivity contribution in [2.75, 3.05) is 6.54 Å². The molecule has 1 aliphatic carbocycles. The molecule has 21 heavy (non-hydrogen) atoms. The number of hydrogen-bond donors (Lipinski definition) is 2. The summed E-state index contributed by atoms with van der Waals surface area (Å²) < 4.78 is 5.41. The van der Waals surface area contributed by atoms with Gasteiger partial charge < -0.3 is 15.2 Å². The number of nitrogens with one attached hydrogen (secondary N) is 1. The zero-order valence-corrected chi connectivity index (χ0v) is 12.6. The van der Waals surface area contributed by atoms with Crippen molar-refractivity contribution < 1.29 is 9.84 Å². The lowest BCUT2D eigenvalue weighted by Crippen LogP contribution is -2.31. The number of hydrogen-bond acceptors (Lipinski definition) is 4. The van der Waals surface area contributed by atoms with Gasteiger partial charge in [-0.15, -0.1) is 0 Å². The van der Waals surface area contributed by atoms with E-state index >= 15 is 0 Å². The minimum Gasteiger partial charge on any atom is -0.476 e. The zero-order chi connectivity index (χ0) is 15.1. The lowest BCUT2D eigenvalue weighted by atomic mass is 10.0. The van der Waals surface area contributed by atoms with Crippen molar-refractivity contribution in [1.29, 1.82) is 5.26 Å². The topological polar surface area (TPSA) is 65.3 Å². The Kier molecular flexibility index (Phi) is 6.04. The van der Waals surface area contributed by atoms with Crippen LogP contribution in [0.15, 0.2) is 24.3 Å². The van der Waals surface area contributed by atoms with Crippen molar-refractivity contribution in [2.45, 2.75) is 51.4 Å². The number of nitrogens with zero attached hydrogens (tertiary/aromatic N) is 1. The lowest BCUT2D eigenvalue weighted by Gasteiger charge is -2.18. The third-order valence-electron chi connectivity index (χ3n) is 4.04. The molecule has 0 heterocycles.